The van der Waals surface area contributed by atoms with Gasteiger partial charge in [-0.05, 0) is 6.92 Å². The molecule has 1 aromatic rings. The van der Waals surface area contributed by atoms with Crippen molar-refractivity contribution in [3.63, 3.8) is 0 Å². The van der Waals surface area contributed by atoms with Gasteiger partial charge in [0.2, 0.25) is 0 Å². The van der Waals surface area contributed by atoms with E-state index >= 15 is 0 Å². The minimum atomic E-state index is -4.40. The zero-order valence-electron chi connectivity index (χ0n) is 8.62. The summed E-state index contributed by atoms with van der Waals surface area (Å²) in [4.78, 5) is 10.9. The van der Waals surface area contributed by atoms with Crippen LogP contribution in [0.5, 0.6) is 0 Å². The first-order valence-electron chi connectivity index (χ1n) is 4.68. The van der Waals surface area contributed by atoms with Crippen LogP contribution in [0.1, 0.15) is 18.9 Å². The van der Waals surface area contributed by atoms with Crippen molar-refractivity contribution < 1.29 is 22.7 Å². The molecule has 0 aromatic carbocycles. The van der Waals surface area contributed by atoms with Crippen molar-refractivity contribution in [2.24, 2.45) is 0 Å². The molecular formula is C9H11F3N2O2. The maximum Gasteiger partial charge on any atom is 0.419 e. The van der Waals surface area contributed by atoms with Crippen LogP contribution in [-0.4, -0.2) is 22.4 Å². The first-order chi connectivity index (χ1) is 7.43. The van der Waals surface area contributed by atoms with E-state index in [-0.39, 0.29) is 19.6 Å². The average molecular weight is 236 g/mol. The number of rotatable bonds is 4. The highest BCUT2D eigenvalue weighted by molar-refractivity contribution is 5.69. The summed E-state index contributed by atoms with van der Waals surface area (Å²) in [5, 5.41) is 3.50. The van der Waals surface area contributed by atoms with Gasteiger partial charge in [0, 0.05) is 6.20 Å². The predicted octanol–water partition coefficient (Wildman–Crippen LogP) is 1.86. The van der Waals surface area contributed by atoms with Crippen LogP contribution < -0.4 is 0 Å². The van der Waals surface area contributed by atoms with E-state index < -0.39 is 17.7 Å². The lowest BCUT2D eigenvalue weighted by molar-refractivity contribution is -0.143. The van der Waals surface area contributed by atoms with Crippen LogP contribution in [0.3, 0.4) is 0 Å². The van der Waals surface area contributed by atoms with E-state index in [2.05, 4.69) is 9.84 Å². The topological polar surface area (TPSA) is 44.1 Å². The second-order valence-corrected chi connectivity index (χ2v) is 3.04. The van der Waals surface area contributed by atoms with E-state index in [0.29, 0.717) is 0 Å². The molecule has 4 nitrogen and oxygen atoms in total. The summed E-state index contributed by atoms with van der Waals surface area (Å²) in [5.41, 5.74) is -0.823. The van der Waals surface area contributed by atoms with E-state index in [9.17, 15) is 18.0 Å². The number of nitrogens with zero attached hydrogens (tertiary/aromatic N) is 2. The fraction of sp³-hybridized carbons (Fsp3) is 0.556. The number of halogens is 3. The van der Waals surface area contributed by atoms with Crippen LogP contribution in [0.25, 0.3) is 0 Å². The first kappa shape index (κ1) is 12.5. The van der Waals surface area contributed by atoms with Crippen LogP contribution in [0, 0.1) is 0 Å². The molecule has 0 radical (unpaired) electrons. The third-order valence-electron chi connectivity index (χ3n) is 1.81. The summed E-state index contributed by atoms with van der Waals surface area (Å²) >= 11 is 0. The second-order valence-electron chi connectivity index (χ2n) is 3.04. The monoisotopic (exact) mass is 236 g/mol. The SMILES string of the molecule is CCOC(=O)CCn1cc(C(F)(F)F)cn1. The fourth-order valence-corrected chi connectivity index (χ4v) is 1.07. The third-order valence-corrected chi connectivity index (χ3v) is 1.81. The fourth-order valence-electron chi connectivity index (χ4n) is 1.07. The number of hydrogen-bond donors (Lipinski definition) is 0. The standard InChI is InChI=1S/C9H11F3N2O2/c1-2-16-8(15)3-4-14-6-7(5-13-14)9(10,11)12/h5-6H,2-4H2,1H3. The van der Waals surface area contributed by atoms with Gasteiger partial charge in [-0.25, -0.2) is 0 Å². The van der Waals surface area contributed by atoms with Gasteiger partial charge >= 0.3 is 12.1 Å². The third kappa shape index (κ3) is 3.56. The molecule has 0 spiro atoms. The molecule has 0 atom stereocenters. The Hall–Kier alpha value is -1.53. The normalized spacial score (nSPS) is 11.5. The highest BCUT2D eigenvalue weighted by Crippen LogP contribution is 2.28. The Morgan fingerprint density at radius 3 is 2.75 bits per heavy atom. The number of aryl methyl sites for hydroxylation is 1. The molecule has 0 saturated heterocycles. The van der Waals surface area contributed by atoms with Crippen molar-refractivity contribution in [2.45, 2.75) is 26.1 Å². The minimum Gasteiger partial charge on any atom is -0.466 e. The van der Waals surface area contributed by atoms with E-state index in [1.165, 1.54) is 0 Å². The van der Waals surface area contributed by atoms with Crippen LogP contribution in [0.4, 0.5) is 13.2 Å². The minimum absolute atomic E-state index is 0.00676. The summed E-state index contributed by atoms with van der Waals surface area (Å²) in [7, 11) is 0. The van der Waals surface area contributed by atoms with Crippen LogP contribution in [0.2, 0.25) is 0 Å². The molecule has 0 bridgehead atoms. The van der Waals surface area contributed by atoms with Gasteiger partial charge in [-0.1, -0.05) is 0 Å². The highest BCUT2D eigenvalue weighted by atomic mass is 19.4. The van der Waals surface area contributed by atoms with Crippen molar-refractivity contribution in [3.05, 3.63) is 18.0 Å². The van der Waals surface area contributed by atoms with Crippen LogP contribution >= 0.6 is 0 Å². The van der Waals surface area contributed by atoms with Gasteiger partial charge in [-0.2, -0.15) is 18.3 Å². The van der Waals surface area contributed by atoms with Gasteiger partial charge in [0.1, 0.15) is 0 Å². The lowest BCUT2D eigenvalue weighted by Gasteiger charge is -2.02. The number of esters is 1. The Labute approximate surface area is 90.0 Å². The molecule has 1 aromatic heterocycles. The quantitative estimate of drug-likeness (QED) is 0.749. The van der Waals surface area contributed by atoms with E-state index in [4.69, 9.17) is 0 Å². The second kappa shape index (κ2) is 5.00. The van der Waals surface area contributed by atoms with Gasteiger partial charge in [0.15, 0.2) is 0 Å². The molecule has 0 fully saturated rings. The van der Waals surface area contributed by atoms with Crippen molar-refractivity contribution in [1.29, 1.82) is 0 Å². The smallest absolute Gasteiger partial charge is 0.419 e. The Kier molecular flexibility index (Phi) is 3.92. The molecule has 90 valence electrons. The van der Waals surface area contributed by atoms with Crippen LogP contribution in [0.15, 0.2) is 12.4 Å². The lowest BCUT2D eigenvalue weighted by Crippen LogP contribution is -2.09. The van der Waals surface area contributed by atoms with E-state index in [0.717, 1.165) is 17.1 Å². The number of hydrogen-bond acceptors (Lipinski definition) is 3. The first-order valence-corrected chi connectivity index (χ1v) is 4.68. The molecule has 1 heterocycles. The molecule has 16 heavy (non-hydrogen) atoms. The van der Waals surface area contributed by atoms with Crippen molar-refractivity contribution in [1.82, 2.24) is 9.78 Å². The Balaban J connectivity index is 2.50. The van der Waals surface area contributed by atoms with Gasteiger partial charge in [0.05, 0.1) is 31.3 Å². The summed E-state index contributed by atoms with van der Waals surface area (Å²) < 4.78 is 42.2. The van der Waals surface area contributed by atoms with Gasteiger partial charge in [-0.3, -0.25) is 9.48 Å². The molecule has 0 amide bonds. The molecule has 0 aliphatic rings. The van der Waals surface area contributed by atoms with Gasteiger partial charge in [0.25, 0.3) is 0 Å². The highest BCUT2D eigenvalue weighted by Gasteiger charge is 2.32. The summed E-state index contributed by atoms with van der Waals surface area (Å²) in [6, 6.07) is 0. The maximum absolute atomic E-state index is 12.2. The Bertz CT molecular complexity index is 360. The number of ether oxygens (including phenoxy) is 1. The molecule has 0 aliphatic carbocycles. The summed E-state index contributed by atoms with van der Waals surface area (Å²) in [6.07, 6.45) is -2.81. The van der Waals surface area contributed by atoms with Gasteiger partial charge < -0.3 is 4.74 Å². The predicted molar refractivity (Wildman–Crippen MR) is 48.5 cm³/mol. The van der Waals surface area contributed by atoms with Crippen molar-refractivity contribution in [2.75, 3.05) is 6.61 Å². The molecule has 0 N–H and O–H groups in total. The lowest BCUT2D eigenvalue weighted by atomic mass is 10.3. The van der Waals surface area contributed by atoms with E-state index in [1.807, 2.05) is 0 Å². The van der Waals surface area contributed by atoms with Crippen molar-refractivity contribution >= 4 is 5.97 Å². The largest absolute Gasteiger partial charge is 0.466 e. The summed E-state index contributed by atoms with van der Waals surface area (Å²) in [6.45, 7) is 1.99. The number of aromatic nitrogens is 2. The van der Waals surface area contributed by atoms with E-state index in [1.54, 1.807) is 6.92 Å². The maximum atomic E-state index is 12.2. The van der Waals surface area contributed by atoms with Gasteiger partial charge in [-0.15, -0.1) is 0 Å². The molecule has 0 saturated carbocycles. The number of alkyl halides is 3. The zero-order valence-corrected chi connectivity index (χ0v) is 8.62. The molecule has 0 unspecified atom stereocenters. The number of carbonyl (C=O) groups excluding carboxylic acids is 1. The summed E-state index contributed by atoms with van der Waals surface area (Å²) in [5.74, 6) is -0.452. The Morgan fingerprint density at radius 1 is 1.56 bits per heavy atom. The van der Waals surface area contributed by atoms with Crippen molar-refractivity contribution in [3.8, 4) is 0 Å². The zero-order chi connectivity index (χ0) is 12.2. The average Bonchev–Trinajstić information content (AvgIpc) is 2.63. The number of carbonyl (C=O) groups is 1. The molecule has 7 heteroatoms. The molecule has 1 rings (SSSR count). The Morgan fingerprint density at radius 2 is 2.25 bits per heavy atom. The van der Waals surface area contributed by atoms with Crippen LogP contribution in [-0.2, 0) is 22.3 Å². The molecular weight excluding hydrogens is 225 g/mol. The molecule has 0 aliphatic heterocycles.